The molecule has 2 N–H and O–H groups in total. The van der Waals surface area contributed by atoms with E-state index in [1.54, 1.807) is 0 Å². The Balaban J connectivity index is -0.000000459. The molecule has 0 saturated carbocycles. The molecule has 0 rings (SSSR count). The van der Waals surface area contributed by atoms with E-state index in [-0.39, 0.29) is 84.4 Å². The number of carboxylic acids is 1. The van der Waals surface area contributed by atoms with Gasteiger partial charge in [-0.1, -0.05) is 92.9 Å². The Morgan fingerprint density at radius 2 is 1.15 bits per heavy atom. The van der Waals surface area contributed by atoms with Crippen molar-refractivity contribution in [1.82, 2.24) is 0 Å². The van der Waals surface area contributed by atoms with Crippen molar-refractivity contribution in [2.75, 3.05) is 13.2 Å². The average molecular weight is 712 g/mol. The SMILES string of the molecule is CCCCC(CC)C(=O)O.CCCCC(CC)COC(=O)CC(C(=O)OCC(CC)CCCC)S(=O)(=O)O.[NaH].[SnH2]. The molecule has 0 spiro atoms. The zero-order valence-electron chi connectivity index (χ0n) is 25.3. The van der Waals surface area contributed by atoms with Gasteiger partial charge >= 0.3 is 71.4 Å². The van der Waals surface area contributed by atoms with Crippen LogP contribution in [0.15, 0.2) is 0 Å². The van der Waals surface area contributed by atoms with Crippen molar-refractivity contribution in [2.45, 2.75) is 130 Å². The molecule has 0 aromatic heterocycles. The maximum atomic E-state index is 12.2. The van der Waals surface area contributed by atoms with E-state index in [4.69, 9.17) is 14.6 Å². The van der Waals surface area contributed by atoms with Crippen molar-refractivity contribution in [3.05, 3.63) is 0 Å². The van der Waals surface area contributed by atoms with Gasteiger partial charge in [-0.05, 0) is 37.5 Å². The van der Waals surface area contributed by atoms with Crippen LogP contribution >= 0.6 is 0 Å². The van der Waals surface area contributed by atoms with Crippen LogP contribution in [0.4, 0.5) is 0 Å². The minimum atomic E-state index is -4.76. The van der Waals surface area contributed by atoms with E-state index in [2.05, 4.69) is 20.8 Å². The summed E-state index contributed by atoms with van der Waals surface area (Å²) in [6.07, 6.45) is 10.5. The molecule has 12 heteroatoms. The first-order chi connectivity index (χ1) is 17.9. The standard InChI is InChI=1S/C20H38O7S.C8H16O2.Na.Sn.3H/c1-5-9-11-16(7-3)14-26-19(21)13-18(28(23,24)25)20(22)27-15-17(8-4)12-10-6-2;1-3-5-6-7(4-2)8(9)10;;;;;/h16-18H,5-15H2,1-4H3,(H,23,24,25);7H,3-6H2,1-2H3,(H,9,10);;;;;. The second-order valence-corrected chi connectivity index (χ2v) is 11.5. The van der Waals surface area contributed by atoms with Crippen molar-refractivity contribution in [2.24, 2.45) is 17.8 Å². The summed E-state index contributed by atoms with van der Waals surface area (Å²) >= 11 is 0. The summed E-state index contributed by atoms with van der Waals surface area (Å²) in [7, 11) is -4.76. The first-order valence-corrected chi connectivity index (χ1v) is 15.9. The van der Waals surface area contributed by atoms with Gasteiger partial charge in [0, 0.05) is 0 Å². The Labute approximate surface area is 282 Å². The zero-order valence-corrected chi connectivity index (χ0v) is 30.1. The van der Waals surface area contributed by atoms with E-state index < -0.39 is 39.7 Å². The van der Waals surface area contributed by atoms with Crippen LogP contribution in [0.1, 0.15) is 125 Å². The fourth-order valence-electron chi connectivity index (χ4n) is 3.77. The molecule has 9 nitrogen and oxygen atoms in total. The molecule has 4 atom stereocenters. The summed E-state index contributed by atoms with van der Waals surface area (Å²) in [6.45, 7) is 12.4. The Hall–Kier alpha value is 0.119. The first-order valence-electron chi connectivity index (χ1n) is 14.4. The Morgan fingerprint density at radius 1 is 0.725 bits per heavy atom. The number of rotatable bonds is 21. The van der Waals surface area contributed by atoms with Gasteiger partial charge in [0.1, 0.15) is 0 Å². The van der Waals surface area contributed by atoms with Crippen LogP contribution in [0.2, 0.25) is 0 Å². The van der Waals surface area contributed by atoms with Crippen molar-refractivity contribution >= 4 is 81.5 Å². The van der Waals surface area contributed by atoms with E-state index in [0.717, 1.165) is 77.0 Å². The van der Waals surface area contributed by atoms with E-state index >= 15 is 0 Å². The van der Waals surface area contributed by atoms with Gasteiger partial charge in [-0.25, -0.2) is 0 Å². The van der Waals surface area contributed by atoms with Crippen LogP contribution < -0.4 is 0 Å². The van der Waals surface area contributed by atoms with Crippen LogP contribution in [0.5, 0.6) is 0 Å². The van der Waals surface area contributed by atoms with Gasteiger partial charge in [0.05, 0.1) is 25.6 Å². The summed E-state index contributed by atoms with van der Waals surface area (Å²) in [4.78, 5) is 34.7. The first kappa shape index (κ1) is 47.1. The summed E-state index contributed by atoms with van der Waals surface area (Å²) in [5.41, 5.74) is 0. The molecule has 0 heterocycles. The molecule has 0 amide bonds. The van der Waals surface area contributed by atoms with Gasteiger partial charge in [-0.3, -0.25) is 18.9 Å². The van der Waals surface area contributed by atoms with Crippen molar-refractivity contribution < 1.29 is 41.9 Å². The Kier molecular flexibility index (Phi) is 34.4. The molecule has 0 bridgehead atoms. The van der Waals surface area contributed by atoms with Crippen LogP contribution in [-0.4, -0.2) is 108 Å². The monoisotopic (exact) mass is 712 g/mol. The number of aliphatic carboxylic acids is 1. The Morgan fingerprint density at radius 3 is 1.50 bits per heavy atom. The Bertz CT molecular complexity index is 750. The van der Waals surface area contributed by atoms with Gasteiger partial charge in [0.2, 0.25) is 0 Å². The molecule has 2 radical (unpaired) electrons. The normalized spacial score (nSPS) is 13.7. The van der Waals surface area contributed by atoms with E-state index in [1.807, 2.05) is 20.8 Å². The summed E-state index contributed by atoms with van der Waals surface area (Å²) in [5, 5.41) is 6.65. The number of carboxylic acid groups (broad SMARTS) is 1. The zero-order chi connectivity index (χ0) is 29.6. The number of carbonyl (C=O) groups excluding carboxylic acids is 2. The van der Waals surface area contributed by atoms with Crippen LogP contribution in [-0.2, 0) is 34.0 Å². The molecule has 0 saturated heterocycles. The van der Waals surface area contributed by atoms with Gasteiger partial charge < -0.3 is 14.6 Å². The predicted octanol–water partition coefficient (Wildman–Crippen LogP) is 4.87. The third-order valence-electron chi connectivity index (χ3n) is 6.75. The molecule has 234 valence electrons. The van der Waals surface area contributed by atoms with Gasteiger partial charge in [0.25, 0.3) is 10.1 Å². The number of esters is 2. The molecule has 4 unspecified atom stereocenters. The predicted molar refractivity (Wildman–Crippen MR) is 165 cm³/mol. The molecule has 40 heavy (non-hydrogen) atoms. The molecular weight excluding hydrogens is 654 g/mol. The summed E-state index contributed by atoms with van der Waals surface area (Å²) < 4.78 is 42.8. The quantitative estimate of drug-likeness (QED) is 0.0968. The molecular formula is C28H57NaO9SSn. The molecule has 0 aliphatic rings. The third-order valence-corrected chi connectivity index (χ3v) is 7.83. The maximum absolute atomic E-state index is 12.2. The van der Waals surface area contributed by atoms with E-state index in [0.29, 0.717) is 0 Å². The summed E-state index contributed by atoms with van der Waals surface area (Å²) in [6, 6.07) is 0. The number of hydrogen-bond donors (Lipinski definition) is 2. The third kappa shape index (κ3) is 24.7. The van der Waals surface area contributed by atoms with Gasteiger partial charge in [-0.15, -0.1) is 0 Å². The average Bonchev–Trinajstić information content (AvgIpc) is 2.87. The molecule has 0 aliphatic carbocycles. The van der Waals surface area contributed by atoms with E-state index in [9.17, 15) is 27.4 Å². The van der Waals surface area contributed by atoms with E-state index in [1.165, 1.54) is 0 Å². The van der Waals surface area contributed by atoms with Crippen molar-refractivity contribution in [3.8, 4) is 0 Å². The van der Waals surface area contributed by atoms with Crippen LogP contribution in [0.25, 0.3) is 0 Å². The minimum absolute atomic E-state index is 0. The van der Waals surface area contributed by atoms with Crippen LogP contribution in [0, 0.1) is 17.8 Å². The molecule has 0 fully saturated rings. The fourth-order valence-corrected chi connectivity index (χ4v) is 4.43. The number of ether oxygens (including phenoxy) is 2. The van der Waals surface area contributed by atoms with Crippen molar-refractivity contribution in [3.63, 3.8) is 0 Å². The number of carbonyl (C=O) groups is 3. The molecule has 0 aromatic carbocycles. The van der Waals surface area contributed by atoms with Crippen LogP contribution in [0.3, 0.4) is 0 Å². The second-order valence-electron chi connectivity index (χ2n) is 9.94. The number of hydrogen-bond acceptors (Lipinski definition) is 7. The topological polar surface area (TPSA) is 144 Å². The van der Waals surface area contributed by atoms with Gasteiger partial charge in [-0.2, -0.15) is 8.42 Å². The number of unbranched alkanes of at least 4 members (excludes halogenated alkanes) is 3. The second kappa shape index (κ2) is 29.2. The molecule has 0 aromatic rings. The van der Waals surface area contributed by atoms with Crippen molar-refractivity contribution in [1.29, 1.82) is 0 Å². The fraction of sp³-hybridized carbons (Fsp3) is 0.893. The summed E-state index contributed by atoms with van der Waals surface area (Å²) in [5.74, 6) is -2.36. The van der Waals surface area contributed by atoms with Gasteiger partial charge in [0.15, 0.2) is 5.25 Å². The molecule has 0 aliphatic heterocycles.